The van der Waals surface area contributed by atoms with Crippen LogP contribution in [0.5, 0.6) is 0 Å². The minimum Gasteiger partial charge on any atom is -0.480 e. The fourth-order valence-electron chi connectivity index (χ4n) is 2.15. The topological polar surface area (TPSA) is 92.0 Å². The summed E-state index contributed by atoms with van der Waals surface area (Å²) in [5.41, 5.74) is 0.476. The zero-order chi connectivity index (χ0) is 17.7. The molecule has 0 saturated carbocycles. The van der Waals surface area contributed by atoms with Crippen molar-refractivity contribution in [3.05, 3.63) is 33.7 Å². The van der Waals surface area contributed by atoms with Crippen LogP contribution in [0.1, 0.15) is 19.5 Å². The molecule has 0 atom stereocenters. The first-order chi connectivity index (χ1) is 11.4. The van der Waals surface area contributed by atoms with E-state index in [9.17, 15) is 14.4 Å². The SMILES string of the molecule is CC(C)CN(CC(=O)O)C(=O)CSCc1cc(=O)n2ccsc2n1. The standard InChI is InChI=1S/C15H19N3O4S2/c1-10(2)6-17(7-14(21)22)13(20)9-23-8-11-5-12(19)18-3-4-24-15(18)16-11/h3-5,10H,6-9H2,1-2H3,(H,21,22). The zero-order valence-electron chi connectivity index (χ0n) is 13.5. The van der Waals surface area contributed by atoms with E-state index >= 15 is 0 Å². The number of aromatic nitrogens is 2. The third-order valence-electron chi connectivity index (χ3n) is 3.10. The quantitative estimate of drug-likeness (QED) is 0.759. The smallest absolute Gasteiger partial charge is 0.323 e. The molecule has 1 N–H and O–H groups in total. The number of carboxylic acids is 1. The number of aliphatic carboxylic acids is 1. The monoisotopic (exact) mass is 369 g/mol. The number of thiazole rings is 1. The van der Waals surface area contributed by atoms with Gasteiger partial charge in [-0.2, -0.15) is 0 Å². The number of hydrogen-bond acceptors (Lipinski definition) is 6. The Morgan fingerprint density at radius 1 is 1.46 bits per heavy atom. The second-order valence-corrected chi connectivity index (χ2v) is 7.55. The van der Waals surface area contributed by atoms with Gasteiger partial charge in [-0.25, -0.2) is 4.98 Å². The first-order valence-electron chi connectivity index (χ1n) is 7.40. The largest absolute Gasteiger partial charge is 0.480 e. The van der Waals surface area contributed by atoms with Crippen molar-refractivity contribution < 1.29 is 14.7 Å². The molecule has 24 heavy (non-hydrogen) atoms. The molecule has 130 valence electrons. The number of amides is 1. The highest BCUT2D eigenvalue weighted by atomic mass is 32.2. The maximum atomic E-state index is 12.2. The molecule has 2 aromatic rings. The molecular weight excluding hydrogens is 350 g/mol. The van der Waals surface area contributed by atoms with Crippen molar-refractivity contribution in [2.75, 3.05) is 18.8 Å². The number of carboxylic acid groups (broad SMARTS) is 1. The van der Waals surface area contributed by atoms with Gasteiger partial charge in [0.2, 0.25) is 5.91 Å². The summed E-state index contributed by atoms with van der Waals surface area (Å²) in [5, 5.41) is 10.7. The maximum absolute atomic E-state index is 12.2. The van der Waals surface area contributed by atoms with Crippen LogP contribution in [0.15, 0.2) is 22.4 Å². The van der Waals surface area contributed by atoms with Crippen LogP contribution in [0.4, 0.5) is 0 Å². The Balaban J connectivity index is 1.94. The first kappa shape index (κ1) is 18.5. The number of carbonyl (C=O) groups is 2. The predicted octanol–water partition coefficient (Wildman–Crippen LogP) is 1.56. The summed E-state index contributed by atoms with van der Waals surface area (Å²) in [6.07, 6.45) is 1.67. The average molecular weight is 369 g/mol. The Morgan fingerprint density at radius 2 is 2.21 bits per heavy atom. The molecule has 1 amide bonds. The molecule has 2 aromatic heterocycles. The van der Waals surface area contributed by atoms with Crippen molar-refractivity contribution in [2.24, 2.45) is 5.92 Å². The first-order valence-corrected chi connectivity index (χ1v) is 9.43. The van der Waals surface area contributed by atoms with Crippen LogP contribution < -0.4 is 5.56 Å². The van der Waals surface area contributed by atoms with Crippen LogP contribution in [0, 0.1) is 5.92 Å². The number of thioether (sulfide) groups is 1. The van der Waals surface area contributed by atoms with Crippen LogP contribution >= 0.6 is 23.1 Å². The van der Waals surface area contributed by atoms with Crippen LogP contribution in [0.2, 0.25) is 0 Å². The molecule has 0 radical (unpaired) electrons. The van der Waals surface area contributed by atoms with E-state index in [0.29, 0.717) is 23.0 Å². The normalized spacial score (nSPS) is 11.1. The molecule has 0 bridgehead atoms. The molecule has 0 aliphatic carbocycles. The molecule has 0 aromatic carbocycles. The zero-order valence-corrected chi connectivity index (χ0v) is 15.1. The van der Waals surface area contributed by atoms with Crippen molar-refractivity contribution in [2.45, 2.75) is 19.6 Å². The van der Waals surface area contributed by atoms with Crippen molar-refractivity contribution in [3.63, 3.8) is 0 Å². The molecular formula is C15H19N3O4S2. The lowest BCUT2D eigenvalue weighted by Gasteiger charge is -2.22. The van der Waals surface area contributed by atoms with Gasteiger partial charge in [0.15, 0.2) is 4.96 Å². The molecule has 0 aliphatic heterocycles. The summed E-state index contributed by atoms with van der Waals surface area (Å²) < 4.78 is 1.47. The minimum atomic E-state index is -1.02. The molecule has 0 saturated heterocycles. The molecule has 2 rings (SSSR count). The van der Waals surface area contributed by atoms with Gasteiger partial charge in [-0.05, 0) is 5.92 Å². The molecule has 2 heterocycles. The molecule has 7 nitrogen and oxygen atoms in total. The van der Waals surface area contributed by atoms with Crippen molar-refractivity contribution in [1.29, 1.82) is 0 Å². The van der Waals surface area contributed by atoms with E-state index in [1.165, 1.54) is 38.5 Å². The third-order valence-corrected chi connectivity index (χ3v) is 4.80. The van der Waals surface area contributed by atoms with E-state index in [1.807, 2.05) is 13.8 Å². The molecule has 0 unspecified atom stereocenters. The minimum absolute atomic E-state index is 0.143. The van der Waals surface area contributed by atoms with Crippen LogP contribution in [0.3, 0.4) is 0 Å². The van der Waals surface area contributed by atoms with E-state index in [0.717, 1.165) is 0 Å². The molecule has 0 aliphatic rings. The predicted molar refractivity (Wildman–Crippen MR) is 94.6 cm³/mol. The summed E-state index contributed by atoms with van der Waals surface area (Å²) in [6.45, 7) is 3.98. The molecule has 9 heteroatoms. The second-order valence-electron chi connectivity index (χ2n) is 5.70. The van der Waals surface area contributed by atoms with Crippen LogP contribution in [-0.4, -0.2) is 50.1 Å². The van der Waals surface area contributed by atoms with E-state index in [1.54, 1.807) is 11.6 Å². The molecule has 0 fully saturated rings. The van der Waals surface area contributed by atoms with Crippen molar-refractivity contribution >= 4 is 39.9 Å². The van der Waals surface area contributed by atoms with E-state index in [4.69, 9.17) is 5.11 Å². The Kier molecular flexibility index (Phi) is 6.38. The summed E-state index contributed by atoms with van der Waals surface area (Å²) in [7, 11) is 0. The van der Waals surface area contributed by atoms with Gasteiger partial charge in [-0.3, -0.25) is 18.8 Å². The van der Waals surface area contributed by atoms with Gasteiger partial charge in [0.05, 0.1) is 11.4 Å². The summed E-state index contributed by atoms with van der Waals surface area (Å²) >= 11 is 2.70. The van der Waals surface area contributed by atoms with Gasteiger partial charge in [-0.1, -0.05) is 13.8 Å². The fraction of sp³-hybridized carbons (Fsp3) is 0.467. The number of hydrogen-bond donors (Lipinski definition) is 1. The Morgan fingerprint density at radius 3 is 2.88 bits per heavy atom. The lowest BCUT2D eigenvalue weighted by molar-refractivity contribution is -0.143. The Hall–Kier alpha value is -1.87. The Labute approximate surface area is 147 Å². The van der Waals surface area contributed by atoms with Gasteiger partial charge >= 0.3 is 5.97 Å². The summed E-state index contributed by atoms with van der Waals surface area (Å²) in [6, 6.07) is 1.46. The van der Waals surface area contributed by atoms with Crippen LogP contribution in [0.25, 0.3) is 4.96 Å². The summed E-state index contributed by atoms with van der Waals surface area (Å²) in [5.74, 6) is -0.457. The van der Waals surface area contributed by atoms with Crippen molar-refractivity contribution in [1.82, 2.24) is 14.3 Å². The van der Waals surface area contributed by atoms with Crippen molar-refractivity contribution in [3.8, 4) is 0 Å². The highest BCUT2D eigenvalue weighted by Gasteiger charge is 2.18. The van der Waals surface area contributed by atoms with Gasteiger partial charge in [0, 0.05) is 29.9 Å². The second kappa shape index (κ2) is 8.29. The maximum Gasteiger partial charge on any atom is 0.323 e. The van der Waals surface area contributed by atoms with Gasteiger partial charge in [0.1, 0.15) is 6.54 Å². The van der Waals surface area contributed by atoms with Gasteiger partial charge < -0.3 is 10.0 Å². The summed E-state index contributed by atoms with van der Waals surface area (Å²) in [4.78, 5) is 41.3. The number of carbonyl (C=O) groups excluding carboxylic acids is 1. The highest BCUT2D eigenvalue weighted by molar-refractivity contribution is 7.99. The lowest BCUT2D eigenvalue weighted by atomic mass is 10.2. The number of rotatable bonds is 8. The Bertz CT molecular complexity index is 784. The number of fused-ring (bicyclic) bond motifs is 1. The van der Waals surface area contributed by atoms with E-state index in [2.05, 4.69) is 4.98 Å². The lowest BCUT2D eigenvalue weighted by Crippen LogP contribution is -2.39. The average Bonchev–Trinajstić information content (AvgIpc) is 2.94. The van der Waals surface area contributed by atoms with Gasteiger partial charge in [-0.15, -0.1) is 23.1 Å². The van der Waals surface area contributed by atoms with E-state index in [-0.39, 0.29) is 29.7 Å². The van der Waals surface area contributed by atoms with Gasteiger partial charge in [0.25, 0.3) is 5.56 Å². The van der Waals surface area contributed by atoms with E-state index < -0.39 is 5.97 Å². The third kappa shape index (κ3) is 5.07. The molecule has 0 spiro atoms. The van der Waals surface area contributed by atoms with Crippen LogP contribution in [-0.2, 0) is 15.3 Å². The highest BCUT2D eigenvalue weighted by Crippen LogP contribution is 2.13. The fourth-order valence-corrected chi connectivity index (χ4v) is 3.71. The number of nitrogens with zero attached hydrogens (tertiary/aromatic N) is 3.